The summed E-state index contributed by atoms with van der Waals surface area (Å²) in [5, 5.41) is 2.67. The minimum absolute atomic E-state index is 0.178. The molecule has 5 nitrogen and oxygen atoms in total. The van der Waals surface area contributed by atoms with Gasteiger partial charge >= 0.3 is 5.97 Å². The molecule has 0 radical (unpaired) electrons. The van der Waals surface area contributed by atoms with Crippen LogP contribution >= 0.6 is 0 Å². The molecule has 1 rings (SSSR count). The molecule has 0 heterocycles. The van der Waals surface area contributed by atoms with Gasteiger partial charge in [-0.3, -0.25) is 4.79 Å². The van der Waals surface area contributed by atoms with E-state index in [9.17, 15) is 9.59 Å². The lowest BCUT2D eigenvalue weighted by Crippen LogP contribution is -2.42. The molecule has 1 N–H and O–H groups in total. The molecule has 5 heteroatoms. The Morgan fingerprint density at radius 1 is 1.18 bits per heavy atom. The molecule has 0 aliphatic rings. The molecule has 1 atom stereocenters. The van der Waals surface area contributed by atoms with Crippen LogP contribution in [0.15, 0.2) is 24.3 Å². The lowest BCUT2D eigenvalue weighted by Gasteiger charge is -2.21. The number of methoxy groups -OCH3 is 1. The van der Waals surface area contributed by atoms with Crippen LogP contribution in [0.5, 0.6) is 5.75 Å². The highest BCUT2D eigenvalue weighted by atomic mass is 16.5. The van der Waals surface area contributed by atoms with E-state index in [0.717, 1.165) is 11.3 Å². The van der Waals surface area contributed by atoms with Crippen LogP contribution in [0.4, 0.5) is 0 Å². The van der Waals surface area contributed by atoms with Crippen molar-refractivity contribution in [1.29, 1.82) is 0 Å². The molecule has 0 aliphatic carbocycles. The Morgan fingerprint density at radius 2 is 1.77 bits per heavy atom. The Kier molecular flexibility index (Phi) is 6.40. The first-order valence-electron chi connectivity index (χ1n) is 7.40. The van der Waals surface area contributed by atoms with Gasteiger partial charge in [0.15, 0.2) is 0 Å². The third-order valence-electron chi connectivity index (χ3n) is 2.93. The van der Waals surface area contributed by atoms with Crippen LogP contribution in [0.2, 0.25) is 0 Å². The van der Waals surface area contributed by atoms with Gasteiger partial charge in [-0.25, -0.2) is 4.79 Å². The fraction of sp³-hybridized carbons (Fsp3) is 0.529. The molecule has 1 aromatic rings. The van der Waals surface area contributed by atoms with E-state index in [-0.39, 0.29) is 11.5 Å². The minimum Gasteiger partial charge on any atom is -0.488 e. The molecule has 0 bridgehead atoms. The van der Waals surface area contributed by atoms with Crippen molar-refractivity contribution in [1.82, 2.24) is 5.32 Å². The summed E-state index contributed by atoms with van der Waals surface area (Å²) in [6.45, 7) is 7.68. The number of hydrogen-bond acceptors (Lipinski definition) is 4. The number of carbonyl (C=O) groups excluding carboxylic acids is 2. The van der Waals surface area contributed by atoms with Crippen LogP contribution in [-0.4, -0.2) is 30.6 Å². The van der Waals surface area contributed by atoms with E-state index in [1.54, 1.807) is 6.92 Å². The quantitative estimate of drug-likeness (QED) is 0.820. The lowest BCUT2D eigenvalue weighted by molar-refractivity contribution is -0.145. The highest BCUT2D eigenvalue weighted by molar-refractivity contribution is 5.84. The third-order valence-corrected chi connectivity index (χ3v) is 2.93. The monoisotopic (exact) mass is 307 g/mol. The van der Waals surface area contributed by atoms with Crippen LogP contribution in [0, 0.1) is 0 Å². The van der Waals surface area contributed by atoms with Crippen molar-refractivity contribution in [3.8, 4) is 5.75 Å². The van der Waals surface area contributed by atoms with Gasteiger partial charge in [-0.05, 0) is 38.5 Å². The van der Waals surface area contributed by atoms with Gasteiger partial charge in [0.05, 0.1) is 7.11 Å². The number of ether oxygens (including phenoxy) is 2. The second-order valence-electron chi connectivity index (χ2n) is 6.06. The summed E-state index contributed by atoms with van der Waals surface area (Å²) in [4.78, 5) is 23.3. The molecule has 122 valence electrons. The normalized spacial score (nSPS) is 12.4. The molecule has 0 aliphatic heterocycles. The smallest absolute Gasteiger partial charge is 0.328 e. The van der Waals surface area contributed by atoms with Gasteiger partial charge < -0.3 is 14.8 Å². The standard InChI is InChI=1S/C17H25NO4/c1-6-15(19)18-14(16(20)21-5)11-12-7-9-13(10-8-12)22-17(2,3)4/h7-10,14H,6,11H2,1-5H3,(H,18,19). The van der Waals surface area contributed by atoms with Gasteiger partial charge in [0.2, 0.25) is 5.91 Å². The van der Waals surface area contributed by atoms with Crippen molar-refractivity contribution in [3.05, 3.63) is 29.8 Å². The third kappa shape index (κ3) is 6.16. The van der Waals surface area contributed by atoms with E-state index in [4.69, 9.17) is 9.47 Å². The van der Waals surface area contributed by atoms with E-state index in [1.165, 1.54) is 7.11 Å². The summed E-state index contributed by atoms with van der Waals surface area (Å²) in [6.07, 6.45) is 0.708. The lowest BCUT2D eigenvalue weighted by atomic mass is 10.1. The Balaban J connectivity index is 2.76. The average molecular weight is 307 g/mol. The van der Waals surface area contributed by atoms with Crippen LogP contribution in [0.25, 0.3) is 0 Å². The Labute approximate surface area is 132 Å². The Bertz CT molecular complexity index is 502. The molecule has 0 spiro atoms. The summed E-state index contributed by atoms with van der Waals surface area (Å²) in [6, 6.07) is 6.81. The Morgan fingerprint density at radius 3 is 2.23 bits per heavy atom. The first-order valence-corrected chi connectivity index (χ1v) is 7.40. The zero-order valence-electron chi connectivity index (χ0n) is 13.9. The van der Waals surface area contributed by atoms with Crippen molar-refractivity contribution in [2.45, 2.75) is 52.2 Å². The number of hydrogen-bond donors (Lipinski definition) is 1. The molecule has 1 aromatic carbocycles. The summed E-state index contributed by atoms with van der Waals surface area (Å²) in [7, 11) is 1.31. The van der Waals surface area contributed by atoms with Gasteiger partial charge in [0.1, 0.15) is 17.4 Å². The van der Waals surface area contributed by atoms with E-state index in [1.807, 2.05) is 45.0 Å². The summed E-state index contributed by atoms with van der Waals surface area (Å²) in [5.74, 6) is 0.142. The molecule has 0 saturated carbocycles. The highest BCUT2D eigenvalue weighted by Crippen LogP contribution is 2.19. The fourth-order valence-electron chi connectivity index (χ4n) is 1.91. The number of rotatable bonds is 6. The van der Waals surface area contributed by atoms with Crippen LogP contribution in [0.1, 0.15) is 39.7 Å². The molecular weight excluding hydrogens is 282 g/mol. The van der Waals surface area contributed by atoms with Gasteiger partial charge in [-0.2, -0.15) is 0 Å². The molecule has 1 amide bonds. The number of amides is 1. The van der Waals surface area contributed by atoms with Crippen molar-refractivity contribution in [3.63, 3.8) is 0 Å². The van der Waals surface area contributed by atoms with Gasteiger partial charge in [0.25, 0.3) is 0 Å². The van der Waals surface area contributed by atoms with Gasteiger partial charge in [0, 0.05) is 12.8 Å². The van der Waals surface area contributed by atoms with Crippen LogP contribution < -0.4 is 10.1 Å². The molecule has 0 fully saturated rings. The number of benzene rings is 1. The van der Waals surface area contributed by atoms with Crippen molar-refractivity contribution >= 4 is 11.9 Å². The number of nitrogens with one attached hydrogen (secondary N) is 1. The van der Waals surface area contributed by atoms with Crippen LogP contribution in [-0.2, 0) is 20.7 Å². The highest BCUT2D eigenvalue weighted by Gasteiger charge is 2.21. The van der Waals surface area contributed by atoms with Gasteiger partial charge in [-0.1, -0.05) is 19.1 Å². The molecule has 22 heavy (non-hydrogen) atoms. The topological polar surface area (TPSA) is 64.6 Å². The summed E-state index contributed by atoms with van der Waals surface area (Å²) >= 11 is 0. The van der Waals surface area contributed by atoms with Crippen LogP contribution in [0.3, 0.4) is 0 Å². The summed E-state index contributed by atoms with van der Waals surface area (Å²) < 4.78 is 10.5. The zero-order valence-corrected chi connectivity index (χ0v) is 13.9. The predicted molar refractivity (Wildman–Crippen MR) is 84.8 cm³/mol. The van der Waals surface area contributed by atoms with Gasteiger partial charge in [-0.15, -0.1) is 0 Å². The maximum absolute atomic E-state index is 11.8. The maximum Gasteiger partial charge on any atom is 0.328 e. The SMILES string of the molecule is CCC(=O)NC(Cc1ccc(OC(C)(C)C)cc1)C(=O)OC. The maximum atomic E-state index is 11.8. The predicted octanol–water partition coefficient (Wildman–Crippen LogP) is 2.47. The first-order chi connectivity index (χ1) is 10.2. The largest absolute Gasteiger partial charge is 0.488 e. The molecular formula is C17H25NO4. The van der Waals surface area contributed by atoms with E-state index in [2.05, 4.69) is 5.32 Å². The fourth-order valence-corrected chi connectivity index (χ4v) is 1.91. The molecule has 1 unspecified atom stereocenters. The first kappa shape index (κ1) is 18.0. The molecule has 0 aromatic heterocycles. The Hall–Kier alpha value is -2.04. The van der Waals surface area contributed by atoms with Crippen molar-refractivity contribution < 1.29 is 19.1 Å². The van der Waals surface area contributed by atoms with E-state index >= 15 is 0 Å². The van der Waals surface area contributed by atoms with E-state index in [0.29, 0.717) is 12.8 Å². The summed E-state index contributed by atoms with van der Waals surface area (Å²) in [5.41, 5.74) is 0.665. The number of carbonyl (C=O) groups is 2. The molecule has 0 saturated heterocycles. The van der Waals surface area contributed by atoms with Crippen molar-refractivity contribution in [2.75, 3.05) is 7.11 Å². The van der Waals surface area contributed by atoms with E-state index < -0.39 is 12.0 Å². The zero-order chi connectivity index (χ0) is 16.8. The second kappa shape index (κ2) is 7.82. The minimum atomic E-state index is -0.674. The average Bonchev–Trinajstić information content (AvgIpc) is 2.46. The van der Waals surface area contributed by atoms with Crippen molar-refractivity contribution in [2.24, 2.45) is 0 Å². The second-order valence-corrected chi connectivity index (χ2v) is 6.06. The number of esters is 1.